The Morgan fingerprint density at radius 3 is 3.06 bits per heavy atom. The van der Waals surface area contributed by atoms with E-state index >= 15 is 0 Å². The minimum Gasteiger partial charge on any atom is -0.468 e. The fourth-order valence-corrected chi connectivity index (χ4v) is 1.48. The van der Waals surface area contributed by atoms with Gasteiger partial charge in [0.1, 0.15) is 5.75 Å². The van der Waals surface area contributed by atoms with E-state index in [9.17, 15) is 9.59 Å². The maximum atomic E-state index is 11.4. The van der Waals surface area contributed by atoms with Crippen LogP contribution in [-0.2, 0) is 16.0 Å². The Bertz CT molecular complexity index is 457. The number of ether oxygens (including phenoxy) is 1. The van der Waals surface area contributed by atoms with Gasteiger partial charge in [-0.05, 0) is 30.2 Å². The zero-order valence-corrected chi connectivity index (χ0v) is 8.74. The molecule has 0 bridgehead atoms. The second-order valence-corrected chi connectivity index (χ2v) is 3.48. The van der Waals surface area contributed by atoms with Gasteiger partial charge in [0.15, 0.2) is 0 Å². The van der Waals surface area contributed by atoms with Crippen molar-refractivity contribution in [2.45, 2.75) is 19.4 Å². The molecule has 3 N–H and O–H groups in total. The van der Waals surface area contributed by atoms with Gasteiger partial charge in [-0.1, -0.05) is 6.92 Å². The number of benzene rings is 1. The predicted molar refractivity (Wildman–Crippen MR) is 56.9 cm³/mol. The number of carbonyl (C=O) groups is 2. The molecular formula is C11H11N2O3. The van der Waals surface area contributed by atoms with Crippen molar-refractivity contribution in [3.05, 3.63) is 23.8 Å². The van der Waals surface area contributed by atoms with E-state index in [1.165, 1.54) is 0 Å². The molecule has 0 fully saturated rings. The number of carbonyl (C=O) groups excluding carboxylic acids is 2. The maximum Gasteiger partial charge on any atom is 0.275 e. The first-order chi connectivity index (χ1) is 7.61. The second kappa shape index (κ2) is 3.84. The van der Waals surface area contributed by atoms with Crippen molar-refractivity contribution in [1.82, 2.24) is 0 Å². The summed E-state index contributed by atoms with van der Waals surface area (Å²) in [7, 11) is 0. The third kappa shape index (κ3) is 1.71. The first-order valence-corrected chi connectivity index (χ1v) is 4.93. The van der Waals surface area contributed by atoms with Crippen LogP contribution in [0.5, 0.6) is 5.75 Å². The molecule has 5 nitrogen and oxygen atoms in total. The molecule has 0 saturated heterocycles. The number of primary amides is 1. The van der Waals surface area contributed by atoms with E-state index in [1.807, 2.05) is 6.92 Å². The van der Waals surface area contributed by atoms with Crippen molar-refractivity contribution in [2.75, 3.05) is 5.32 Å². The number of amides is 2. The van der Waals surface area contributed by atoms with Gasteiger partial charge in [0, 0.05) is 0 Å². The SMILES string of the molecule is CCc1[c]cc2c(c1)OC(C(N)=O)C(=O)N2. The summed E-state index contributed by atoms with van der Waals surface area (Å²) in [6.07, 6.45) is -0.453. The van der Waals surface area contributed by atoms with Crippen molar-refractivity contribution in [1.29, 1.82) is 0 Å². The summed E-state index contributed by atoms with van der Waals surface area (Å²) in [6.45, 7) is 1.98. The number of hydrogen-bond donors (Lipinski definition) is 2. The first kappa shape index (κ1) is 10.5. The molecule has 1 aliphatic rings. The van der Waals surface area contributed by atoms with Gasteiger partial charge in [0.25, 0.3) is 17.9 Å². The fourth-order valence-electron chi connectivity index (χ4n) is 1.48. The highest BCUT2D eigenvalue weighted by Gasteiger charge is 2.32. The van der Waals surface area contributed by atoms with Crippen molar-refractivity contribution >= 4 is 17.5 Å². The van der Waals surface area contributed by atoms with Crippen molar-refractivity contribution < 1.29 is 14.3 Å². The molecule has 1 unspecified atom stereocenters. The summed E-state index contributed by atoms with van der Waals surface area (Å²) >= 11 is 0. The Morgan fingerprint density at radius 1 is 1.69 bits per heavy atom. The molecule has 1 radical (unpaired) electrons. The fraction of sp³-hybridized carbons (Fsp3) is 0.273. The second-order valence-electron chi connectivity index (χ2n) is 3.48. The minimum atomic E-state index is -1.25. The van der Waals surface area contributed by atoms with Crippen LogP contribution in [0.4, 0.5) is 5.69 Å². The molecule has 1 atom stereocenters. The van der Waals surface area contributed by atoms with Crippen LogP contribution in [0.3, 0.4) is 0 Å². The lowest BCUT2D eigenvalue weighted by Crippen LogP contribution is -2.46. The van der Waals surface area contributed by atoms with Gasteiger partial charge in [-0.2, -0.15) is 0 Å². The molecule has 2 amide bonds. The molecule has 0 spiro atoms. The Hall–Kier alpha value is -2.04. The van der Waals surface area contributed by atoms with Gasteiger partial charge in [-0.3, -0.25) is 9.59 Å². The van der Waals surface area contributed by atoms with Crippen molar-refractivity contribution in [3.63, 3.8) is 0 Å². The molecular weight excluding hydrogens is 208 g/mol. The normalized spacial score (nSPS) is 18.3. The average Bonchev–Trinajstić information content (AvgIpc) is 2.27. The first-order valence-electron chi connectivity index (χ1n) is 4.93. The number of rotatable bonds is 2. The van der Waals surface area contributed by atoms with E-state index in [2.05, 4.69) is 11.4 Å². The van der Waals surface area contributed by atoms with Gasteiger partial charge >= 0.3 is 0 Å². The summed E-state index contributed by atoms with van der Waals surface area (Å²) in [4.78, 5) is 22.4. The van der Waals surface area contributed by atoms with Crippen LogP contribution in [0.1, 0.15) is 12.5 Å². The van der Waals surface area contributed by atoms with Crippen molar-refractivity contribution in [3.8, 4) is 5.75 Å². The largest absolute Gasteiger partial charge is 0.468 e. The molecule has 1 aromatic rings. The van der Waals surface area contributed by atoms with Crippen LogP contribution >= 0.6 is 0 Å². The van der Waals surface area contributed by atoms with Crippen LogP contribution in [0.25, 0.3) is 0 Å². The lowest BCUT2D eigenvalue weighted by Gasteiger charge is -2.23. The van der Waals surface area contributed by atoms with E-state index in [1.54, 1.807) is 12.1 Å². The topological polar surface area (TPSA) is 81.4 Å². The average molecular weight is 219 g/mol. The standard InChI is InChI=1S/C11H11N2O3/c1-2-6-3-4-7-8(5-6)16-9(10(12)14)11(15)13-7/h4-5,9H,2H2,1H3,(H2,12,14)(H,13,15). The predicted octanol–water partition coefficient (Wildman–Crippen LogP) is 0.234. The molecule has 0 aliphatic carbocycles. The van der Waals surface area contributed by atoms with Gasteiger partial charge in [0.05, 0.1) is 5.69 Å². The van der Waals surface area contributed by atoms with Crippen molar-refractivity contribution in [2.24, 2.45) is 5.73 Å². The molecule has 0 saturated carbocycles. The number of nitrogens with two attached hydrogens (primary N) is 1. The van der Waals surface area contributed by atoms with Crippen LogP contribution in [0.15, 0.2) is 12.1 Å². The van der Waals surface area contributed by atoms with Gasteiger partial charge in [-0.25, -0.2) is 0 Å². The van der Waals surface area contributed by atoms with Crippen LogP contribution in [0, 0.1) is 6.07 Å². The summed E-state index contributed by atoms with van der Waals surface area (Å²) in [6, 6.07) is 6.37. The number of anilines is 1. The number of hydrogen-bond acceptors (Lipinski definition) is 3. The summed E-state index contributed by atoms with van der Waals surface area (Å²) < 4.78 is 5.24. The van der Waals surface area contributed by atoms with E-state index in [0.29, 0.717) is 11.4 Å². The molecule has 83 valence electrons. The lowest BCUT2D eigenvalue weighted by atomic mass is 10.1. The molecule has 16 heavy (non-hydrogen) atoms. The quantitative estimate of drug-likeness (QED) is 0.699. The Morgan fingerprint density at radius 2 is 2.44 bits per heavy atom. The summed E-state index contributed by atoms with van der Waals surface area (Å²) in [5, 5.41) is 2.55. The highest BCUT2D eigenvalue weighted by molar-refractivity contribution is 6.10. The van der Waals surface area contributed by atoms with Crippen LogP contribution < -0.4 is 15.8 Å². The third-order valence-corrected chi connectivity index (χ3v) is 2.35. The Labute approximate surface area is 92.6 Å². The van der Waals surface area contributed by atoms with Crippen LogP contribution in [0.2, 0.25) is 0 Å². The molecule has 5 heteroatoms. The molecule has 1 heterocycles. The summed E-state index contributed by atoms with van der Waals surface area (Å²) in [5.74, 6) is -0.884. The zero-order chi connectivity index (χ0) is 11.7. The molecule has 0 aromatic heterocycles. The molecule has 2 rings (SSSR count). The Kier molecular flexibility index (Phi) is 2.52. The third-order valence-electron chi connectivity index (χ3n) is 2.35. The van der Waals surface area contributed by atoms with E-state index in [0.717, 1.165) is 12.0 Å². The highest BCUT2D eigenvalue weighted by Crippen LogP contribution is 2.30. The van der Waals surface area contributed by atoms with Gasteiger partial charge in [-0.15, -0.1) is 0 Å². The number of nitrogens with one attached hydrogen (secondary N) is 1. The lowest BCUT2D eigenvalue weighted by molar-refractivity contribution is -0.135. The highest BCUT2D eigenvalue weighted by atomic mass is 16.5. The number of aryl methyl sites for hydroxylation is 1. The zero-order valence-electron chi connectivity index (χ0n) is 8.74. The number of fused-ring (bicyclic) bond motifs is 1. The smallest absolute Gasteiger partial charge is 0.275 e. The molecule has 1 aromatic carbocycles. The summed E-state index contributed by atoms with van der Waals surface area (Å²) in [5.41, 5.74) is 6.51. The monoisotopic (exact) mass is 219 g/mol. The van der Waals surface area contributed by atoms with E-state index in [-0.39, 0.29) is 0 Å². The minimum absolute atomic E-state index is 0.457. The van der Waals surface area contributed by atoms with Crippen LogP contribution in [-0.4, -0.2) is 17.9 Å². The van der Waals surface area contributed by atoms with Gasteiger partial charge in [0.2, 0.25) is 0 Å². The molecule has 1 aliphatic heterocycles. The van der Waals surface area contributed by atoms with Gasteiger partial charge < -0.3 is 15.8 Å². The Balaban J connectivity index is 2.36. The van der Waals surface area contributed by atoms with E-state index in [4.69, 9.17) is 10.5 Å². The maximum absolute atomic E-state index is 11.4. The van der Waals surface area contributed by atoms with E-state index < -0.39 is 17.9 Å².